The molecule has 0 saturated heterocycles. The summed E-state index contributed by atoms with van der Waals surface area (Å²) in [4.78, 5) is 24.8. The molecule has 21 heavy (non-hydrogen) atoms. The number of carbonyl (C=O) groups is 2. The van der Waals surface area contributed by atoms with Gasteiger partial charge < -0.3 is 19.1 Å². The van der Waals surface area contributed by atoms with Crippen LogP contribution >= 0.6 is 0 Å². The van der Waals surface area contributed by atoms with E-state index in [4.69, 9.17) is 9.47 Å². The zero-order chi connectivity index (χ0) is 16.1. The summed E-state index contributed by atoms with van der Waals surface area (Å²) in [6, 6.07) is 0. The molecule has 0 aromatic rings. The predicted octanol–water partition coefficient (Wildman–Crippen LogP) is 2.73. The molecule has 0 rings (SSSR count). The Kier molecular flexibility index (Phi) is 11.1. The Hall–Kier alpha value is -1.72. The minimum absolute atomic E-state index is 0.0841. The van der Waals surface area contributed by atoms with Crippen LogP contribution in [0.25, 0.3) is 0 Å². The number of unbranched alkanes of at least 4 members (excludes halogenated alkanes) is 2. The first-order chi connectivity index (χ1) is 10.1. The van der Waals surface area contributed by atoms with Gasteiger partial charge in [-0.05, 0) is 12.8 Å². The Balaban J connectivity index is 4.44. The Morgan fingerprint density at radius 1 is 1.00 bits per heavy atom. The quantitative estimate of drug-likeness (QED) is 0.353. The molecule has 0 aliphatic carbocycles. The molecule has 1 amide bonds. The van der Waals surface area contributed by atoms with Gasteiger partial charge >= 0.3 is 12.1 Å². The van der Waals surface area contributed by atoms with Crippen LogP contribution < -0.4 is 0 Å². The fraction of sp³-hybridized carbons (Fsp3) is 0.733. The molecule has 0 radical (unpaired) electrons. The van der Waals surface area contributed by atoms with Gasteiger partial charge in [-0.2, -0.15) is 0 Å². The van der Waals surface area contributed by atoms with Gasteiger partial charge in [0.05, 0.1) is 20.3 Å². The van der Waals surface area contributed by atoms with E-state index in [0.29, 0.717) is 13.1 Å². The van der Waals surface area contributed by atoms with Gasteiger partial charge in [-0.1, -0.05) is 26.7 Å². The number of methoxy groups -OCH3 is 2. The lowest BCUT2D eigenvalue weighted by atomic mass is 10.3. The van der Waals surface area contributed by atoms with Gasteiger partial charge in [0.25, 0.3) is 0 Å². The van der Waals surface area contributed by atoms with Crippen molar-refractivity contribution in [3.8, 4) is 0 Å². The minimum Gasteiger partial charge on any atom is -0.497 e. The zero-order valence-corrected chi connectivity index (χ0v) is 13.5. The molecule has 0 aliphatic rings. The molecule has 0 aromatic carbocycles. The van der Waals surface area contributed by atoms with Crippen molar-refractivity contribution in [2.24, 2.45) is 0 Å². The third kappa shape index (κ3) is 8.94. The molecular weight excluding hydrogens is 274 g/mol. The van der Waals surface area contributed by atoms with Gasteiger partial charge in [0, 0.05) is 13.1 Å². The monoisotopic (exact) mass is 301 g/mol. The maximum atomic E-state index is 12.0. The molecule has 0 unspecified atom stereocenters. The van der Waals surface area contributed by atoms with E-state index in [1.54, 1.807) is 4.90 Å². The average molecular weight is 301 g/mol. The number of hydrogen-bond acceptors (Lipinski definition) is 5. The summed E-state index contributed by atoms with van der Waals surface area (Å²) in [6.45, 7) is 5.42. The third-order valence-corrected chi connectivity index (χ3v) is 2.90. The van der Waals surface area contributed by atoms with Crippen molar-refractivity contribution in [2.45, 2.75) is 39.5 Å². The van der Waals surface area contributed by atoms with E-state index in [2.05, 4.69) is 18.6 Å². The Morgan fingerprint density at radius 3 is 2.00 bits per heavy atom. The van der Waals surface area contributed by atoms with Crippen LogP contribution in [-0.2, 0) is 19.0 Å². The molecule has 0 spiro atoms. The van der Waals surface area contributed by atoms with E-state index in [1.165, 1.54) is 14.2 Å². The van der Waals surface area contributed by atoms with Gasteiger partial charge in [0.2, 0.25) is 0 Å². The van der Waals surface area contributed by atoms with Crippen LogP contribution in [0.1, 0.15) is 39.5 Å². The van der Waals surface area contributed by atoms with Crippen LogP contribution in [0.2, 0.25) is 0 Å². The van der Waals surface area contributed by atoms with Crippen LogP contribution in [0.5, 0.6) is 0 Å². The molecular formula is C15H27NO5. The van der Waals surface area contributed by atoms with Gasteiger partial charge in [0.1, 0.15) is 5.76 Å². The predicted molar refractivity (Wildman–Crippen MR) is 79.8 cm³/mol. The largest absolute Gasteiger partial charge is 0.497 e. The lowest BCUT2D eigenvalue weighted by Crippen LogP contribution is -2.34. The third-order valence-electron chi connectivity index (χ3n) is 2.90. The maximum absolute atomic E-state index is 12.0. The second-order valence-corrected chi connectivity index (χ2v) is 4.59. The van der Waals surface area contributed by atoms with Crippen LogP contribution in [0.3, 0.4) is 0 Å². The van der Waals surface area contributed by atoms with Crippen molar-refractivity contribution in [2.75, 3.05) is 33.9 Å². The van der Waals surface area contributed by atoms with Crippen LogP contribution in [0.15, 0.2) is 11.8 Å². The first kappa shape index (κ1) is 19.3. The summed E-state index contributed by atoms with van der Waals surface area (Å²) in [5, 5.41) is 0. The van der Waals surface area contributed by atoms with Crippen molar-refractivity contribution in [3.05, 3.63) is 11.8 Å². The number of carbonyl (C=O) groups excluding carboxylic acids is 2. The fourth-order valence-corrected chi connectivity index (χ4v) is 1.57. The molecule has 0 atom stereocenters. The van der Waals surface area contributed by atoms with Gasteiger partial charge in [0.15, 0.2) is 6.61 Å². The summed E-state index contributed by atoms with van der Waals surface area (Å²) in [5.74, 6) is -0.294. The first-order valence-corrected chi connectivity index (χ1v) is 7.33. The van der Waals surface area contributed by atoms with E-state index in [0.717, 1.165) is 31.8 Å². The molecule has 0 fully saturated rings. The number of amides is 1. The SMILES string of the molecule is CCCCN(CCCC)C(=O)OCC(=CC(=O)OC)OC. The first-order valence-electron chi connectivity index (χ1n) is 7.33. The smallest absolute Gasteiger partial charge is 0.410 e. The second-order valence-electron chi connectivity index (χ2n) is 4.59. The Bertz CT molecular complexity index is 333. The van der Waals surface area contributed by atoms with E-state index < -0.39 is 5.97 Å². The van der Waals surface area contributed by atoms with Crippen LogP contribution in [-0.4, -0.2) is 50.9 Å². The number of rotatable bonds is 10. The lowest BCUT2D eigenvalue weighted by molar-refractivity contribution is -0.135. The summed E-state index contributed by atoms with van der Waals surface area (Å²) in [6.07, 6.45) is 4.69. The van der Waals surface area contributed by atoms with E-state index in [9.17, 15) is 9.59 Å². The topological polar surface area (TPSA) is 65.1 Å². The molecule has 0 aromatic heterocycles. The van der Waals surface area contributed by atoms with Gasteiger partial charge in [-0.15, -0.1) is 0 Å². The van der Waals surface area contributed by atoms with Crippen LogP contribution in [0.4, 0.5) is 4.79 Å². The van der Waals surface area contributed by atoms with E-state index in [1.807, 2.05) is 0 Å². The van der Waals surface area contributed by atoms with E-state index in [-0.39, 0.29) is 18.5 Å². The van der Waals surface area contributed by atoms with Crippen molar-refractivity contribution >= 4 is 12.1 Å². The molecule has 6 heteroatoms. The van der Waals surface area contributed by atoms with Crippen molar-refractivity contribution < 1.29 is 23.8 Å². The minimum atomic E-state index is -0.545. The van der Waals surface area contributed by atoms with Crippen molar-refractivity contribution in [3.63, 3.8) is 0 Å². The van der Waals surface area contributed by atoms with Crippen molar-refractivity contribution in [1.29, 1.82) is 0 Å². The van der Waals surface area contributed by atoms with Crippen LogP contribution in [0, 0.1) is 0 Å². The Labute approximate surface area is 127 Å². The molecule has 0 N–H and O–H groups in total. The summed E-state index contributed by atoms with van der Waals surface area (Å²) < 4.78 is 14.7. The summed E-state index contributed by atoms with van der Waals surface area (Å²) in [5.41, 5.74) is 0. The standard InChI is InChI=1S/C15H27NO5/c1-5-7-9-16(10-8-6-2)15(18)21-12-13(19-3)11-14(17)20-4/h11H,5-10,12H2,1-4H3. The normalized spacial score (nSPS) is 11.0. The average Bonchev–Trinajstić information content (AvgIpc) is 2.50. The fourth-order valence-electron chi connectivity index (χ4n) is 1.57. The second kappa shape index (κ2) is 12.1. The van der Waals surface area contributed by atoms with E-state index >= 15 is 0 Å². The highest BCUT2D eigenvalue weighted by atomic mass is 16.6. The number of ether oxygens (including phenoxy) is 3. The number of hydrogen-bond donors (Lipinski definition) is 0. The summed E-state index contributed by atoms with van der Waals surface area (Å²) >= 11 is 0. The Morgan fingerprint density at radius 2 is 1.57 bits per heavy atom. The van der Waals surface area contributed by atoms with Gasteiger partial charge in [-0.25, -0.2) is 9.59 Å². The highest BCUT2D eigenvalue weighted by Gasteiger charge is 2.15. The lowest BCUT2D eigenvalue weighted by Gasteiger charge is -2.22. The molecule has 0 saturated carbocycles. The van der Waals surface area contributed by atoms with Crippen molar-refractivity contribution in [1.82, 2.24) is 4.90 Å². The zero-order valence-electron chi connectivity index (χ0n) is 13.5. The highest BCUT2D eigenvalue weighted by Crippen LogP contribution is 2.05. The summed E-state index contributed by atoms with van der Waals surface area (Å²) in [7, 11) is 2.68. The maximum Gasteiger partial charge on any atom is 0.410 e. The molecule has 122 valence electrons. The van der Waals surface area contributed by atoms with Gasteiger partial charge in [-0.3, -0.25) is 0 Å². The molecule has 0 aliphatic heterocycles. The number of nitrogens with zero attached hydrogens (tertiary/aromatic N) is 1. The highest BCUT2D eigenvalue weighted by molar-refractivity contribution is 5.82. The molecule has 6 nitrogen and oxygen atoms in total. The molecule has 0 heterocycles. The molecule has 0 bridgehead atoms. The number of esters is 1.